The van der Waals surface area contributed by atoms with Gasteiger partial charge in [0.05, 0.1) is 23.7 Å². The predicted molar refractivity (Wildman–Crippen MR) is 97.8 cm³/mol. The van der Waals surface area contributed by atoms with Gasteiger partial charge in [-0.15, -0.1) is 11.3 Å². The summed E-state index contributed by atoms with van der Waals surface area (Å²) in [6, 6.07) is 13.7. The molecule has 6 heteroatoms. The highest BCUT2D eigenvalue weighted by atomic mass is 32.1. The lowest BCUT2D eigenvalue weighted by atomic mass is 10.0. The van der Waals surface area contributed by atoms with Crippen LogP contribution >= 0.6 is 11.3 Å². The number of aromatic amines is 1. The number of H-pyrrole nitrogens is 1. The summed E-state index contributed by atoms with van der Waals surface area (Å²) >= 11 is 1.62. The van der Waals surface area contributed by atoms with Crippen molar-refractivity contribution in [2.45, 2.75) is 18.9 Å². The number of hydrogen-bond acceptors (Lipinski definition) is 4. The van der Waals surface area contributed by atoms with Gasteiger partial charge < -0.3 is 10.1 Å². The minimum absolute atomic E-state index is 0.0142. The minimum Gasteiger partial charge on any atom is -0.497 e. The predicted octanol–water partition coefficient (Wildman–Crippen LogP) is 4.03. The standard InChI is InChI=1S/C19H19N3O2S/c1-24-14-8-6-13(7-9-14)18(12-4-5-12)20-19(23)16-11-15(21-22-16)17-3-2-10-25-17/h2-3,6-12,18H,4-5H2,1H3,(H,20,23)(H,21,22). The number of carbonyl (C=O) groups excluding carboxylic acids is 1. The van der Waals surface area contributed by atoms with E-state index in [1.54, 1.807) is 24.5 Å². The number of amides is 1. The average molecular weight is 353 g/mol. The first-order valence-corrected chi connectivity index (χ1v) is 9.16. The van der Waals surface area contributed by atoms with E-state index in [2.05, 4.69) is 15.5 Å². The molecule has 1 saturated carbocycles. The van der Waals surface area contributed by atoms with Gasteiger partial charge in [0.1, 0.15) is 5.75 Å². The number of ether oxygens (including phenoxy) is 1. The summed E-state index contributed by atoms with van der Waals surface area (Å²) in [7, 11) is 1.65. The molecule has 1 unspecified atom stereocenters. The molecule has 1 aliphatic rings. The molecule has 1 aromatic carbocycles. The lowest BCUT2D eigenvalue weighted by Gasteiger charge is -2.18. The van der Waals surface area contributed by atoms with Crippen molar-refractivity contribution in [3.63, 3.8) is 0 Å². The van der Waals surface area contributed by atoms with E-state index < -0.39 is 0 Å². The molecule has 1 amide bonds. The van der Waals surface area contributed by atoms with Crippen molar-refractivity contribution in [3.8, 4) is 16.3 Å². The Hall–Kier alpha value is -2.60. The Morgan fingerprint density at radius 3 is 2.76 bits per heavy atom. The third-order valence-electron chi connectivity index (χ3n) is 4.45. The number of methoxy groups -OCH3 is 1. The fourth-order valence-corrected chi connectivity index (χ4v) is 3.62. The van der Waals surface area contributed by atoms with Crippen molar-refractivity contribution in [3.05, 3.63) is 59.1 Å². The SMILES string of the molecule is COc1ccc(C(NC(=O)c2cc(-c3cccs3)[nH]n2)C2CC2)cc1. The van der Waals surface area contributed by atoms with Gasteiger partial charge in [0.15, 0.2) is 5.69 Å². The molecule has 1 atom stereocenters. The van der Waals surface area contributed by atoms with E-state index in [0.717, 1.165) is 34.7 Å². The zero-order valence-corrected chi connectivity index (χ0v) is 14.7. The Balaban J connectivity index is 1.51. The van der Waals surface area contributed by atoms with Crippen LogP contribution in [0, 0.1) is 5.92 Å². The normalized spacial score (nSPS) is 14.9. The summed E-state index contributed by atoms with van der Waals surface area (Å²) in [5.41, 5.74) is 2.39. The number of nitrogens with zero attached hydrogens (tertiary/aromatic N) is 1. The number of carbonyl (C=O) groups is 1. The quantitative estimate of drug-likeness (QED) is 0.703. The van der Waals surface area contributed by atoms with Crippen LogP contribution in [-0.4, -0.2) is 23.2 Å². The molecule has 1 fully saturated rings. The topological polar surface area (TPSA) is 67.0 Å². The van der Waals surface area contributed by atoms with E-state index in [4.69, 9.17) is 4.74 Å². The zero-order chi connectivity index (χ0) is 17.2. The van der Waals surface area contributed by atoms with Crippen LogP contribution in [0.15, 0.2) is 47.8 Å². The maximum atomic E-state index is 12.7. The summed E-state index contributed by atoms with van der Waals surface area (Å²) < 4.78 is 5.21. The van der Waals surface area contributed by atoms with Crippen LogP contribution in [0.25, 0.3) is 10.6 Å². The van der Waals surface area contributed by atoms with Gasteiger partial charge >= 0.3 is 0 Å². The third-order valence-corrected chi connectivity index (χ3v) is 5.36. The van der Waals surface area contributed by atoms with Gasteiger partial charge in [-0.25, -0.2) is 0 Å². The number of nitrogens with one attached hydrogen (secondary N) is 2. The molecule has 2 aromatic heterocycles. The van der Waals surface area contributed by atoms with Crippen LogP contribution in [-0.2, 0) is 0 Å². The molecule has 0 aliphatic heterocycles. The molecule has 0 bridgehead atoms. The second-order valence-electron chi connectivity index (χ2n) is 6.21. The number of benzene rings is 1. The van der Waals surface area contributed by atoms with Gasteiger partial charge in [-0.05, 0) is 54.0 Å². The number of rotatable bonds is 6. The monoisotopic (exact) mass is 353 g/mol. The van der Waals surface area contributed by atoms with Crippen molar-refractivity contribution < 1.29 is 9.53 Å². The van der Waals surface area contributed by atoms with Crippen LogP contribution in [0.5, 0.6) is 5.75 Å². The molecule has 2 N–H and O–H groups in total. The van der Waals surface area contributed by atoms with Crippen LogP contribution in [0.4, 0.5) is 0 Å². The second-order valence-corrected chi connectivity index (χ2v) is 7.15. The van der Waals surface area contributed by atoms with E-state index in [1.165, 1.54) is 0 Å². The fraction of sp³-hybridized carbons (Fsp3) is 0.263. The third kappa shape index (κ3) is 3.44. The molecule has 128 valence electrons. The summed E-state index contributed by atoms with van der Waals surface area (Å²) in [6.07, 6.45) is 2.27. The summed E-state index contributed by atoms with van der Waals surface area (Å²) in [5.74, 6) is 1.16. The molecular formula is C19H19N3O2S. The molecule has 5 nitrogen and oxygen atoms in total. The Labute approximate surface area is 150 Å². The van der Waals surface area contributed by atoms with Crippen molar-refractivity contribution in [2.75, 3.05) is 7.11 Å². The first-order valence-electron chi connectivity index (χ1n) is 8.28. The first kappa shape index (κ1) is 15.9. The van der Waals surface area contributed by atoms with Crippen LogP contribution in [0.3, 0.4) is 0 Å². The first-order chi connectivity index (χ1) is 12.2. The summed E-state index contributed by atoms with van der Waals surface area (Å²) in [5, 5.41) is 12.3. The van der Waals surface area contributed by atoms with E-state index in [0.29, 0.717) is 11.6 Å². The van der Waals surface area contributed by atoms with Gasteiger partial charge in [-0.1, -0.05) is 18.2 Å². The Kier molecular flexibility index (Phi) is 4.28. The highest BCUT2D eigenvalue weighted by Gasteiger charge is 2.34. The van der Waals surface area contributed by atoms with Crippen LogP contribution in [0.2, 0.25) is 0 Å². The number of hydrogen-bond donors (Lipinski definition) is 2. The van der Waals surface area contributed by atoms with Crippen LogP contribution in [0.1, 0.15) is 34.9 Å². The van der Waals surface area contributed by atoms with Crippen molar-refractivity contribution in [1.29, 1.82) is 0 Å². The number of aromatic nitrogens is 2. The molecule has 3 aromatic rings. The van der Waals surface area contributed by atoms with E-state index >= 15 is 0 Å². The molecule has 2 heterocycles. The van der Waals surface area contributed by atoms with Gasteiger partial charge in [0.2, 0.25) is 0 Å². The van der Waals surface area contributed by atoms with Crippen molar-refractivity contribution in [1.82, 2.24) is 15.5 Å². The highest BCUT2D eigenvalue weighted by Crippen LogP contribution is 2.41. The fourth-order valence-electron chi connectivity index (χ4n) is 2.93. The molecule has 4 rings (SSSR count). The van der Waals surface area contributed by atoms with Crippen molar-refractivity contribution in [2.24, 2.45) is 5.92 Å². The Morgan fingerprint density at radius 1 is 1.32 bits per heavy atom. The Morgan fingerprint density at radius 2 is 2.12 bits per heavy atom. The molecular weight excluding hydrogens is 334 g/mol. The van der Waals surface area contributed by atoms with Gasteiger partial charge in [0, 0.05) is 0 Å². The lowest BCUT2D eigenvalue weighted by molar-refractivity contribution is 0.0926. The maximum absolute atomic E-state index is 12.7. The molecule has 0 saturated heterocycles. The van der Waals surface area contributed by atoms with Gasteiger partial charge in [0.25, 0.3) is 5.91 Å². The lowest BCUT2D eigenvalue weighted by Crippen LogP contribution is -2.30. The van der Waals surface area contributed by atoms with Gasteiger partial charge in [-0.2, -0.15) is 5.10 Å². The molecule has 1 aliphatic carbocycles. The minimum atomic E-state index is -0.147. The molecule has 0 spiro atoms. The largest absolute Gasteiger partial charge is 0.497 e. The van der Waals surface area contributed by atoms with Crippen LogP contribution < -0.4 is 10.1 Å². The molecule has 25 heavy (non-hydrogen) atoms. The van der Waals surface area contributed by atoms with E-state index in [9.17, 15) is 4.79 Å². The zero-order valence-electron chi connectivity index (χ0n) is 13.9. The highest BCUT2D eigenvalue weighted by molar-refractivity contribution is 7.13. The van der Waals surface area contributed by atoms with E-state index in [-0.39, 0.29) is 11.9 Å². The molecule has 0 radical (unpaired) electrons. The summed E-state index contributed by atoms with van der Waals surface area (Å²) in [4.78, 5) is 13.7. The van der Waals surface area contributed by atoms with Crippen molar-refractivity contribution >= 4 is 17.2 Å². The summed E-state index contributed by atoms with van der Waals surface area (Å²) in [6.45, 7) is 0. The van der Waals surface area contributed by atoms with Gasteiger partial charge in [-0.3, -0.25) is 9.89 Å². The maximum Gasteiger partial charge on any atom is 0.272 e. The Bertz CT molecular complexity index is 851. The average Bonchev–Trinajstić information content (AvgIpc) is 3.13. The second kappa shape index (κ2) is 6.72. The van der Waals surface area contributed by atoms with E-state index in [1.807, 2.05) is 41.8 Å². The smallest absolute Gasteiger partial charge is 0.272 e. The number of thiophene rings is 1.